The van der Waals surface area contributed by atoms with E-state index < -0.39 is 0 Å². The molecule has 0 aromatic rings. The van der Waals surface area contributed by atoms with Crippen molar-refractivity contribution in [2.24, 2.45) is 5.34 Å². The molecule has 0 bridgehead atoms. The van der Waals surface area contributed by atoms with Gasteiger partial charge in [0, 0.05) is 0 Å². The van der Waals surface area contributed by atoms with E-state index in [4.69, 9.17) is 14.9 Å². The van der Waals surface area contributed by atoms with Crippen LogP contribution in [-0.2, 0) is 4.74 Å². The van der Waals surface area contributed by atoms with Crippen LogP contribution in [0.4, 0.5) is 0 Å². The molecule has 0 amide bonds. The van der Waals surface area contributed by atoms with E-state index >= 15 is 0 Å². The average Bonchev–Trinajstić information content (AvgIpc) is 2.69. The largest absolute Gasteiger partial charge is 0.379 e. The zero-order valence-corrected chi connectivity index (χ0v) is 18.3. The molecule has 1 aliphatic rings. The maximum absolute atomic E-state index is 8.11. The van der Waals surface area contributed by atoms with Gasteiger partial charge in [-0.2, -0.15) is 0 Å². The fraction of sp³-hybridized carbons (Fsp3) is 1.00. The fourth-order valence-electron chi connectivity index (χ4n) is 4.07. The van der Waals surface area contributed by atoms with Crippen LogP contribution in [0.25, 0.3) is 0 Å². The Balaban J connectivity index is 0.00000210. The first-order valence-corrected chi connectivity index (χ1v) is 11.6. The number of morpholine rings is 1. The van der Waals surface area contributed by atoms with Crippen molar-refractivity contribution in [3.05, 3.63) is 4.91 Å². The van der Waals surface area contributed by atoms with Crippen molar-refractivity contribution in [3.63, 3.8) is 0 Å². The number of unbranched alkanes of at least 4 members (excludes halogenated alkanes) is 13. The van der Waals surface area contributed by atoms with E-state index in [9.17, 15) is 0 Å². The van der Waals surface area contributed by atoms with Gasteiger partial charge in [0.15, 0.2) is 5.34 Å². The fourth-order valence-corrected chi connectivity index (χ4v) is 4.07. The molecule has 0 aliphatic carbocycles. The third-order valence-corrected chi connectivity index (χ3v) is 6.08. The molecule has 1 heterocycles. The second-order valence-electron chi connectivity index (χ2n) is 8.12. The van der Waals surface area contributed by atoms with Gasteiger partial charge in [-0.1, -0.05) is 84.0 Å². The molecule has 0 atom stereocenters. The molecule has 0 aromatic carbocycles. The second kappa shape index (κ2) is 20.1. The molecule has 162 valence electrons. The van der Waals surface area contributed by atoms with E-state index in [2.05, 4.69) is 13.8 Å². The Morgan fingerprint density at radius 3 is 1.48 bits per heavy atom. The van der Waals surface area contributed by atoms with Crippen LogP contribution < -0.4 is 0 Å². The lowest BCUT2D eigenvalue weighted by Crippen LogP contribution is -2.55. The summed E-state index contributed by atoms with van der Waals surface area (Å²) in [6, 6.07) is 0. The van der Waals surface area contributed by atoms with Crippen molar-refractivity contribution in [3.8, 4) is 0 Å². The minimum absolute atomic E-state index is 0.979. The SMILES string of the molecule is CCCCCCCCCCCCCCCC[N+]1(CC)CCOCC1.O=NO. The van der Waals surface area contributed by atoms with Crippen molar-refractivity contribution in [1.29, 1.82) is 0 Å². The first-order chi connectivity index (χ1) is 13.2. The summed E-state index contributed by atoms with van der Waals surface area (Å²) in [5.74, 6) is 0. The Kier molecular flexibility index (Phi) is 19.6. The number of likely N-dealkylation sites (N-methyl/N-ethyl adjacent to an activating group) is 1. The number of nitrogens with zero attached hydrogens (tertiary/aromatic N) is 2. The van der Waals surface area contributed by atoms with Crippen LogP contribution in [0.3, 0.4) is 0 Å². The van der Waals surface area contributed by atoms with Gasteiger partial charge in [0.2, 0.25) is 0 Å². The summed E-state index contributed by atoms with van der Waals surface area (Å²) >= 11 is 0. The first kappa shape index (κ1) is 26.3. The molecule has 5 heteroatoms. The summed E-state index contributed by atoms with van der Waals surface area (Å²) in [5, 5.41) is 7.89. The lowest BCUT2D eigenvalue weighted by atomic mass is 10.0. The first-order valence-electron chi connectivity index (χ1n) is 11.6. The zero-order chi connectivity index (χ0) is 20.1. The number of quaternary nitrogens is 1. The van der Waals surface area contributed by atoms with Crippen LogP contribution in [0, 0.1) is 4.91 Å². The highest BCUT2D eigenvalue weighted by Crippen LogP contribution is 2.16. The average molecular weight is 388 g/mol. The molecule has 1 rings (SSSR count). The molecular formula is C22H47N2O3+. The zero-order valence-electron chi connectivity index (χ0n) is 18.3. The monoisotopic (exact) mass is 387 g/mol. The number of hydrogen-bond donors (Lipinski definition) is 1. The van der Waals surface area contributed by atoms with E-state index in [0.717, 1.165) is 13.2 Å². The highest BCUT2D eigenvalue weighted by Gasteiger charge is 2.27. The molecule has 0 unspecified atom stereocenters. The van der Waals surface area contributed by atoms with E-state index in [1.165, 1.54) is 126 Å². The number of ether oxygens (including phenoxy) is 1. The Morgan fingerprint density at radius 1 is 0.741 bits per heavy atom. The summed E-state index contributed by atoms with van der Waals surface area (Å²) in [6.45, 7) is 11.8. The summed E-state index contributed by atoms with van der Waals surface area (Å²) in [7, 11) is 0. The maximum atomic E-state index is 8.11. The van der Waals surface area contributed by atoms with E-state index in [-0.39, 0.29) is 0 Å². The minimum Gasteiger partial charge on any atom is -0.379 e. The van der Waals surface area contributed by atoms with Gasteiger partial charge >= 0.3 is 0 Å². The Labute approximate surface area is 168 Å². The molecule has 0 radical (unpaired) electrons. The Morgan fingerprint density at radius 2 is 1.11 bits per heavy atom. The Bertz CT molecular complexity index is 308. The molecule has 0 spiro atoms. The highest BCUT2D eigenvalue weighted by molar-refractivity contribution is 4.52. The molecule has 0 saturated carbocycles. The van der Waals surface area contributed by atoms with Gasteiger partial charge < -0.3 is 14.4 Å². The predicted molar refractivity (Wildman–Crippen MR) is 114 cm³/mol. The third-order valence-electron chi connectivity index (χ3n) is 6.08. The molecule has 1 saturated heterocycles. The second-order valence-corrected chi connectivity index (χ2v) is 8.12. The van der Waals surface area contributed by atoms with Crippen molar-refractivity contribution in [2.45, 2.75) is 104 Å². The number of hydrogen-bond acceptors (Lipinski definition) is 3. The molecule has 1 aliphatic heterocycles. The molecule has 1 fully saturated rings. The van der Waals surface area contributed by atoms with Gasteiger partial charge in [-0.25, -0.2) is 0 Å². The Hall–Kier alpha value is -0.680. The molecule has 0 aromatic heterocycles. The van der Waals surface area contributed by atoms with E-state index in [0.29, 0.717) is 0 Å². The van der Waals surface area contributed by atoms with Crippen LogP contribution in [0.5, 0.6) is 0 Å². The van der Waals surface area contributed by atoms with E-state index in [1.807, 2.05) is 0 Å². The van der Waals surface area contributed by atoms with Gasteiger partial charge in [0.1, 0.15) is 13.1 Å². The topological polar surface area (TPSA) is 58.9 Å². The molecule has 1 N–H and O–H groups in total. The minimum atomic E-state index is 0.979. The van der Waals surface area contributed by atoms with Crippen LogP contribution in [0.15, 0.2) is 5.34 Å². The summed E-state index contributed by atoms with van der Waals surface area (Å²) in [5.41, 5.74) is 0. The van der Waals surface area contributed by atoms with Crippen molar-refractivity contribution in [1.82, 2.24) is 0 Å². The van der Waals surface area contributed by atoms with Crippen molar-refractivity contribution < 1.29 is 14.4 Å². The van der Waals surface area contributed by atoms with Crippen molar-refractivity contribution >= 4 is 0 Å². The van der Waals surface area contributed by atoms with Crippen LogP contribution in [-0.4, -0.2) is 49.1 Å². The summed E-state index contributed by atoms with van der Waals surface area (Å²) < 4.78 is 6.85. The lowest BCUT2D eigenvalue weighted by Gasteiger charge is -2.40. The van der Waals surface area contributed by atoms with Gasteiger partial charge in [0.25, 0.3) is 0 Å². The van der Waals surface area contributed by atoms with Crippen molar-refractivity contribution in [2.75, 3.05) is 39.4 Å². The van der Waals surface area contributed by atoms with Gasteiger partial charge in [-0.05, 0) is 19.8 Å². The summed E-state index contributed by atoms with van der Waals surface area (Å²) in [6.07, 6.45) is 20.4. The predicted octanol–water partition coefficient (Wildman–Crippen LogP) is 6.48. The standard InChI is InChI=1S/C22H46NO.HNO2/c1-3-5-6-7-8-9-10-11-12-13-14-15-16-17-18-23(4-2)19-21-24-22-20-23;2-1-3/h3-22H2,1-2H3;(H,2,3)/q+1;. The lowest BCUT2D eigenvalue weighted by molar-refractivity contribution is -0.933. The third kappa shape index (κ3) is 16.0. The summed E-state index contributed by atoms with van der Waals surface area (Å²) in [4.78, 5) is 8.11. The van der Waals surface area contributed by atoms with E-state index in [1.54, 1.807) is 0 Å². The van der Waals surface area contributed by atoms with Crippen LogP contribution >= 0.6 is 0 Å². The van der Waals surface area contributed by atoms with Crippen LogP contribution in [0.1, 0.15) is 104 Å². The molecule has 5 nitrogen and oxygen atoms in total. The van der Waals surface area contributed by atoms with Gasteiger partial charge in [-0.15, -0.1) is 4.91 Å². The molecule has 27 heavy (non-hydrogen) atoms. The molecular weight excluding hydrogens is 340 g/mol. The number of rotatable bonds is 16. The van der Waals surface area contributed by atoms with Gasteiger partial charge in [-0.3, -0.25) is 0 Å². The quantitative estimate of drug-likeness (QED) is 0.143. The maximum Gasteiger partial charge on any atom is 0.152 e. The van der Waals surface area contributed by atoms with Gasteiger partial charge in [0.05, 0.1) is 26.3 Å². The smallest absolute Gasteiger partial charge is 0.152 e. The normalized spacial score (nSPS) is 15.8. The highest BCUT2D eigenvalue weighted by atomic mass is 16.6. The van der Waals surface area contributed by atoms with Crippen LogP contribution in [0.2, 0.25) is 0 Å².